The Morgan fingerprint density at radius 2 is 2.06 bits per heavy atom. The molecule has 1 aliphatic heterocycles. The van der Waals surface area contributed by atoms with Gasteiger partial charge in [-0.05, 0) is 31.1 Å². The lowest BCUT2D eigenvalue weighted by atomic mass is 9.87. The van der Waals surface area contributed by atoms with Gasteiger partial charge >= 0.3 is 0 Å². The van der Waals surface area contributed by atoms with Crippen molar-refractivity contribution in [1.29, 1.82) is 0 Å². The van der Waals surface area contributed by atoms with Gasteiger partial charge in [-0.2, -0.15) is 0 Å². The van der Waals surface area contributed by atoms with Gasteiger partial charge in [0.05, 0.1) is 11.5 Å². The van der Waals surface area contributed by atoms with Gasteiger partial charge in [-0.1, -0.05) is 19.8 Å². The van der Waals surface area contributed by atoms with E-state index in [1.54, 1.807) is 0 Å². The molecule has 3 unspecified atom stereocenters. The van der Waals surface area contributed by atoms with Crippen molar-refractivity contribution in [2.45, 2.75) is 51.5 Å². The van der Waals surface area contributed by atoms with Crippen molar-refractivity contribution < 1.29 is 13.2 Å². The second-order valence-electron chi connectivity index (χ2n) is 6.01. The third-order valence-corrected chi connectivity index (χ3v) is 5.94. The standard InChI is InChI=1S/C13H23NO3S/c1-10-3-2-4-12(7-10)14-13(15)8-11-5-6-18(16,17)9-11/h10-12H,2-9H2,1H3,(H,14,15). The highest BCUT2D eigenvalue weighted by atomic mass is 32.2. The smallest absolute Gasteiger partial charge is 0.220 e. The fourth-order valence-electron chi connectivity index (χ4n) is 3.15. The number of hydrogen-bond donors (Lipinski definition) is 1. The van der Waals surface area contributed by atoms with Crippen LogP contribution in [0.15, 0.2) is 0 Å². The minimum absolute atomic E-state index is 0.0380. The first-order valence-electron chi connectivity index (χ1n) is 6.94. The summed E-state index contributed by atoms with van der Waals surface area (Å²) in [7, 11) is -2.86. The van der Waals surface area contributed by atoms with Crippen LogP contribution in [-0.4, -0.2) is 31.9 Å². The van der Waals surface area contributed by atoms with Crippen LogP contribution >= 0.6 is 0 Å². The van der Waals surface area contributed by atoms with Gasteiger partial charge in [0.25, 0.3) is 0 Å². The number of hydrogen-bond acceptors (Lipinski definition) is 3. The molecule has 1 saturated heterocycles. The van der Waals surface area contributed by atoms with Crippen LogP contribution in [0.5, 0.6) is 0 Å². The molecule has 1 heterocycles. The van der Waals surface area contributed by atoms with Gasteiger partial charge in [-0.25, -0.2) is 8.42 Å². The highest BCUT2D eigenvalue weighted by Crippen LogP contribution is 2.25. The second kappa shape index (κ2) is 5.59. The quantitative estimate of drug-likeness (QED) is 0.847. The van der Waals surface area contributed by atoms with Gasteiger partial charge in [0, 0.05) is 12.5 Å². The number of rotatable bonds is 3. The predicted octanol–water partition coefficient (Wildman–Crippen LogP) is 1.51. The van der Waals surface area contributed by atoms with Crippen molar-refractivity contribution >= 4 is 15.7 Å². The fraction of sp³-hybridized carbons (Fsp3) is 0.923. The van der Waals surface area contributed by atoms with Gasteiger partial charge in [-0.3, -0.25) is 4.79 Å². The number of nitrogens with one attached hydrogen (secondary N) is 1. The van der Waals surface area contributed by atoms with E-state index >= 15 is 0 Å². The van der Waals surface area contributed by atoms with Crippen molar-refractivity contribution in [3.63, 3.8) is 0 Å². The molecule has 3 atom stereocenters. The summed E-state index contributed by atoms with van der Waals surface area (Å²) in [5.41, 5.74) is 0. The number of carbonyl (C=O) groups excluding carboxylic acids is 1. The molecule has 0 aromatic carbocycles. The molecule has 0 bridgehead atoms. The van der Waals surface area contributed by atoms with E-state index in [1.165, 1.54) is 12.8 Å². The van der Waals surface area contributed by atoms with Crippen LogP contribution in [-0.2, 0) is 14.6 Å². The highest BCUT2D eigenvalue weighted by Gasteiger charge is 2.30. The molecule has 1 saturated carbocycles. The van der Waals surface area contributed by atoms with Crippen LogP contribution in [0.1, 0.15) is 45.4 Å². The van der Waals surface area contributed by atoms with E-state index in [-0.39, 0.29) is 23.3 Å². The van der Waals surface area contributed by atoms with E-state index in [4.69, 9.17) is 0 Å². The van der Waals surface area contributed by atoms with Crippen LogP contribution in [0.3, 0.4) is 0 Å². The summed E-state index contributed by atoms with van der Waals surface area (Å²) in [4.78, 5) is 11.9. The molecule has 4 nitrogen and oxygen atoms in total. The van der Waals surface area contributed by atoms with Gasteiger partial charge in [0.1, 0.15) is 0 Å². The molecule has 2 rings (SSSR count). The Labute approximate surface area is 109 Å². The first-order chi connectivity index (χ1) is 8.44. The molecule has 2 aliphatic rings. The zero-order valence-electron chi connectivity index (χ0n) is 11.0. The highest BCUT2D eigenvalue weighted by molar-refractivity contribution is 7.91. The summed E-state index contributed by atoms with van der Waals surface area (Å²) in [5, 5.41) is 3.07. The van der Waals surface area contributed by atoms with Crippen molar-refractivity contribution in [1.82, 2.24) is 5.32 Å². The minimum atomic E-state index is -2.86. The van der Waals surface area contributed by atoms with Crippen LogP contribution in [0.4, 0.5) is 0 Å². The van der Waals surface area contributed by atoms with Crippen LogP contribution in [0.2, 0.25) is 0 Å². The van der Waals surface area contributed by atoms with E-state index in [0.717, 1.165) is 12.8 Å². The lowest BCUT2D eigenvalue weighted by Crippen LogP contribution is -2.38. The SMILES string of the molecule is CC1CCCC(NC(=O)CC2CCS(=O)(=O)C2)C1. The van der Waals surface area contributed by atoms with Gasteiger partial charge in [0.2, 0.25) is 5.91 Å². The van der Waals surface area contributed by atoms with Crippen molar-refractivity contribution in [3.05, 3.63) is 0 Å². The molecule has 0 aromatic heterocycles. The fourth-order valence-corrected chi connectivity index (χ4v) is 5.01. The zero-order valence-corrected chi connectivity index (χ0v) is 11.8. The maximum atomic E-state index is 11.9. The number of carbonyl (C=O) groups is 1. The summed E-state index contributed by atoms with van der Waals surface area (Å²) < 4.78 is 22.6. The molecule has 1 N–H and O–H groups in total. The Kier molecular flexibility index (Phi) is 4.30. The van der Waals surface area contributed by atoms with Crippen molar-refractivity contribution in [2.24, 2.45) is 11.8 Å². The molecule has 0 aromatic rings. The zero-order chi connectivity index (χ0) is 13.2. The third-order valence-electron chi connectivity index (χ3n) is 4.10. The molecular formula is C13H23NO3S. The average Bonchev–Trinajstić information content (AvgIpc) is 2.57. The normalized spacial score (nSPS) is 35.3. The van der Waals surface area contributed by atoms with E-state index in [1.807, 2.05) is 0 Å². The summed E-state index contributed by atoms with van der Waals surface area (Å²) in [6.45, 7) is 2.22. The molecule has 0 spiro atoms. The van der Waals surface area contributed by atoms with Gasteiger partial charge in [0.15, 0.2) is 9.84 Å². The van der Waals surface area contributed by atoms with Crippen LogP contribution < -0.4 is 5.32 Å². The lowest BCUT2D eigenvalue weighted by molar-refractivity contribution is -0.122. The second-order valence-corrected chi connectivity index (χ2v) is 8.24. The van der Waals surface area contributed by atoms with E-state index in [2.05, 4.69) is 12.2 Å². The predicted molar refractivity (Wildman–Crippen MR) is 70.9 cm³/mol. The molecule has 1 aliphatic carbocycles. The molecule has 1 amide bonds. The summed E-state index contributed by atoms with van der Waals surface area (Å²) in [5.74, 6) is 1.22. The van der Waals surface area contributed by atoms with Gasteiger partial charge < -0.3 is 5.32 Å². The van der Waals surface area contributed by atoms with E-state index in [0.29, 0.717) is 24.8 Å². The Bertz CT molecular complexity index is 404. The van der Waals surface area contributed by atoms with Crippen molar-refractivity contribution in [2.75, 3.05) is 11.5 Å². The summed E-state index contributed by atoms with van der Waals surface area (Å²) in [6, 6.07) is 0.305. The maximum Gasteiger partial charge on any atom is 0.220 e. The van der Waals surface area contributed by atoms with Crippen LogP contribution in [0.25, 0.3) is 0 Å². The Morgan fingerprint density at radius 1 is 1.28 bits per heavy atom. The van der Waals surface area contributed by atoms with E-state index in [9.17, 15) is 13.2 Å². The maximum absolute atomic E-state index is 11.9. The molecule has 104 valence electrons. The Hall–Kier alpha value is -0.580. The summed E-state index contributed by atoms with van der Waals surface area (Å²) in [6.07, 6.45) is 5.60. The largest absolute Gasteiger partial charge is 0.353 e. The Balaban J connectivity index is 1.75. The summed E-state index contributed by atoms with van der Waals surface area (Å²) >= 11 is 0. The minimum Gasteiger partial charge on any atom is -0.353 e. The third kappa shape index (κ3) is 3.97. The lowest BCUT2D eigenvalue weighted by Gasteiger charge is -2.27. The monoisotopic (exact) mass is 273 g/mol. The molecule has 2 fully saturated rings. The van der Waals surface area contributed by atoms with Crippen LogP contribution in [0, 0.1) is 11.8 Å². The first-order valence-corrected chi connectivity index (χ1v) is 8.76. The molecule has 18 heavy (non-hydrogen) atoms. The first kappa shape index (κ1) is 13.8. The topological polar surface area (TPSA) is 63.2 Å². The molecule has 0 radical (unpaired) electrons. The number of amides is 1. The molecular weight excluding hydrogens is 250 g/mol. The van der Waals surface area contributed by atoms with E-state index < -0.39 is 9.84 Å². The van der Waals surface area contributed by atoms with Gasteiger partial charge in [-0.15, -0.1) is 0 Å². The van der Waals surface area contributed by atoms with Crippen molar-refractivity contribution in [3.8, 4) is 0 Å². The Morgan fingerprint density at radius 3 is 2.67 bits per heavy atom. The average molecular weight is 273 g/mol. The number of sulfone groups is 1. The molecule has 5 heteroatoms.